The molecule has 3 aromatic rings. The Morgan fingerprint density at radius 1 is 1.12 bits per heavy atom. The normalized spacial score (nSPS) is 10.4. The van der Waals surface area contributed by atoms with Crippen LogP contribution in [0.4, 0.5) is 11.5 Å². The van der Waals surface area contributed by atoms with Gasteiger partial charge in [0.05, 0.1) is 6.26 Å². The molecule has 0 radical (unpaired) electrons. The lowest BCUT2D eigenvalue weighted by Gasteiger charge is -2.02. The Labute approximate surface area is 145 Å². The lowest BCUT2D eigenvalue weighted by atomic mass is 10.3. The van der Waals surface area contributed by atoms with E-state index in [1.165, 1.54) is 17.0 Å². The predicted molar refractivity (Wildman–Crippen MR) is 92.0 cm³/mol. The van der Waals surface area contributed by atoms with Crippen molar-refractivity contribution in [1.29, 1.82) is 0 Å². The quantitative estimate of drug-likeness (QED) is 0.717. The summed E-state index contributed by atoms with van der Waals surface area (Å²) in [4.78, 5) is 24.2. The molecule has 0 aliphatic rings. The Hall–Kier alpha value is -2.87. The van der Waals surface area contributed by atoms with E-state index in [-0.39, 0.29) is 17.4 Å². The molecule has 122 valence electrons. The van der Waals surface area contributed by atoms with E-state index < -0.39 is 5.91 Å². The van der Waals surface area contributed by atoms with Gasteiger partial charge in [0.2, 0.25) is 0 Å². The molecule has 0 saturated heterocycles. The summed E-state index contributed by atoms with van der Waals surface area (Å²) >= 11 is 3.33. The van der Waals surface area contributed by atoms with E-state index in [4.69, 9.17) is 4.42 Å². The second kappa shape index (κ2) is 6.71. The van der Waals surface area contributed by atoms with Gasteiger partial charge in [-0.25, -0.2) is 0 Å². The summed E-state index contributed by atoms with van der Waals surface area (Å²) in [5, 5.41) is 9.49. The van der Waals surface area contributed by atoms with Crippen LogP contribution < -0.4 is 10.6 Å². The van der Waals surface area contributed by atoms with Crippen molar-refractivity contribution in [1.82, 2.24) is 9.78 Å². The summed E-state index contributed by atoms with van der Waals surface area (Å²) in [6.45, 7) is 0. The average Bonchev–Trinajstić information content (AvgIpc) is 3.20. The second-order valence-electron chi connectivity index (χ2n) is 4.93. The van der Waals surface area contributed by atoms with Crippen molar-refractivity contribution in [2.75, 3.05) is 10.6 Å². The van der Waals surface area contributed by atoms with E-state index in [9.17, 15) is 9.59 Å². The Kier molecular flexibility index (Phi) is 4.48. The summed E-state index contributed by atoms with van der Waals surface area (Å²) < 4.78 is 7.36. The molecule has 0 aliphatic carbocycles. The van der Waals surface area contributed by atoms with Gasteiger partial charge >= 0.3 is 0 Å². The first-order valence-electron chi connectivity index (χ1n) is 6.99. The van der Waals surface area contributed by atoms with Gasteiger partial charge in [-0.1, -0.05) is 15.9 Å². The second-order valence-corrected chi connectivity index (χ2v) is 5.85. The third-order valence-corrected chi connectivity index (χ3v) is 3.73. The molecule has 7 nitrogen and oxygen atoms in total. The summed E-state index contributed by atoms with van der Waals surface area (Å²) in [5.41, 5.74) is 0.838. The van der Waals surface area contributed by atoms with Crippen molar-refractivity contribution in [3.05, 3.63) is 64.7 Å². The van der Waals surface area contributed by atoms with E-state index in [2.05, 4.69) is 31.7 Å². The lowest BCUT2D eigenvalue weighted by Crippen LogP contribution is -2.13. The highest BCUT2D eigenvalue weighted by atomic mass is 79.9. The van der Waals surface area contributed by atoms with E-state index >= 15 is 0 Å². The van der Waals surface area contributed by atoms with Crippen LogP contribution in [0.15, 0.2) is 57.6 Å². The fourth-order valence-corrected chi connectivity index (χ4v) is 2.27. The molecule has 0 fully saturated rings. The molecule has 24 heavy (non-hydrogen) atoms. The van der Waals surface area contributed by atoms with Gasteiger partial charge in [-0.2, -0.15) is 5.10 Å². The van der Waals surface area contributed by atoms with Crippen molar-refractivity contribution >= 4 is 39.2 Å². The van der Waals surface area contributed by atoms with E-state index in [0.29, 0.717) is 11.5 Å². The van der Waals surface area contributed by atoms with Crippen molar-refractivity contribution < 1.29 is 14.0 Å². The Bertz CT molecular complexity index is 869. The molecule has 0 atom stereocenters. The summed E-state index contributed by atoms with van der Waals surface area (Å²) in [6.07, 6.45) is 1.41. The molecule has 8 heteroatoms. The van der Waals surface area contributed by atoms with Gasteiger partial charge in [-0.3, -0.25) is 14.3 Å². The zero-order valence-corrected chi connectivity index (χ0v) is 14.2. The lowest BCUT2D eigenvalue weighted by molar-refractivity contribution is 0.0993. The molecule has 0 unspecified atom stereocenters. The Morgan fingerprint density at radius 2 is 1.88 bits per heavy atom. The van der Waals surface area contributed by atoms with Crippen LogP contribution in [-0.2, 0) is 7.05 Å². The zero-order valence-electron chi connectivity index (χ0n) is 12.6. The fourth-order valence-electron chi connectivity index (χ4n) is 2.01. The number of aryl methyl sites for hydroxylation is 1. The minimum Gasteiger partial charge on any atom is -0.459 e. The monoisotopic (exact) mass is 388 g/mol. The van der Waals surface area contributed by atoms with Gasteiger partial charge in [0.15, 0.2) is 11.5 Å². The molecule has 0 bridgehead atoms. The minimum atomic E-state index is -0.414. The number of hydrogen-bond donors (Lipinski definition) is 2. The molecular formula is C16H13BrN4O3. The van der Waals surface area contributed by atoms with Gasteiger partial charge in [0.1, 0.15) is 5.82 Å². The van der Waals surface area contributed by atoms with Crippen LogP contribution in [0.25, 0.3) is 0 Å². The van der Waals surface area contributed by atoms with Gasteiger partial charge in [-0.15, -0.1) is 0 Å². The number of carbonyl (C=O) groups excluding carboxylic acids is 2. The standard InChI is InChI=1S/C16H13BrN4O3/c1-21-14(19-16(23)13-3-2-8-24-13)9-12(20-21)15(22)18-11-6-4-10(17)5-7-11/h2-9H,1H3,(H,18,22)(H,19,23). The SMILES string of the molecule is Cn1nc(C(=O)Nc2ccc(Br)cc2)cc1NC(=O)c1ccco1. The first-order chi connectivity index (χ1) is 11.5. The largest absolute Gasteiger partial charge is 0.459 e. The van der Waals surface area contributed by atoms with Crippen molar-refractivity contribution in [2.45, 2.75) is 0 Å². The van der Waals surface area contributed by atoms with Gasteiger partial charge in [0, 0.05) is 23.3 Å². The van der Waals surface area contributed by atoms with Crippen LogP contribution in [-0.4, -0.2) is 21.6 Å². The first kappa shape index (κ1) is 16.0. The molecule has 0 aliphatic heterocycles. The third-order valence-electron chi connectivity index (χ3n) is 3.20. The minimum absolute atomic E-state index is 0.178. The van der Waals surface area contributed by atoms with Crippen molar-refractivity contribution in [3.63, 3.8) is 0 Å². The summed E-state index contributed by atoms with van der Waals surface area (Å²) in [6, 6.07) is 11.8. The van der Waals surface area contributed by atoms with Crippen molar-refractivity contribution in [3.8, 4) is 0 Å². The van der Waals surface area contributed by atoms with E-state index in [0.717, 1.165) is 4.47 Å². The fraction of sp³-hybridized carbons (Fsp3) is 0.0625. The molecule has 2 heterocycles. The Morgan fingerprint density at radius 3 is 2.54 bits per heavy atom. The molecular weight excluding hydrogens is 376 g/mol. The number of rotatable bonds is 4. The molecule has 2 aromatic heterocycles. The molecule has 2 N–H and O–H groups in total. The number of halogens is 1. The van der Waals surface area contributed by atoms with E-state index in [1.54, 1.807) is 31.3 Å². The van der Waals surface area contributed by atoms with Gasteiger partial charge in [0.25, 0.3) is 11.8 Å². The van der Waals surface area contributed by atoms with Gasteiger partial charge < -0.3 is 15.1 Å². The summed E-state index contributed by atoms with van der Waals surface area (Å²) in [7, 11) is 1.63. The average molecular weight is 389 g/mol. The maximum absolute atomic E-state index is 12.2. The number of benzene rings is 1. The number of nitrogens with zero attached hydrogens (tertiary/aromatic N) is 2. The van der Waals surface area contributed by atoms with Crippen LogP contribution in [0.5, 0.6) is 0 Å². The van der Waals surface area contributed by atoms with Crippen LogP contribution in [0.2, 0.25) is 0 Å². The number of amides is 2. The number of aromatic nitrogens is 2. The predicted octanol–water partition coefficient (Wildman–Crippen LogP) is 3.28. The number of carbonyl (C=O) groups is 2. The van der Waals surface area contributed by atoms with Crippen LogP contribution >= 0.6 is 15.9 Å². The maximum Gasteiger partial charge on any atom is 0.292 e. The summed E-state index contributed by atoms with van der Waals surface area (Å²) in [5.74, 6) is -0.219. The smallest absolute Gasteiger partial charge is 0.292 e. The van der Waals surface area contributed by atoms with Crippen LogP contribution in [0.3, 0.4) is 0 Å². The molecule has 0 spiro atoms. The highest BCUT2D eigenvalue weighted by Crippen LogP contribution is 2.16. The van der Waals surface area contributed by atoms with Crippen LogP contribution in [0.1, 0.15) is 21.0 Å². The highest BCUT2D eigenvalue weighted by Gasteiger charge is 2.16. The molecule has 0 saturated carbocycles. The highest BCUT2D eigenvalue weighted by molar-refractivity contribution is 9.10. The third kappa shape index (κ3) is 3.54. The van der Waals surface area contributed by atoms with Crippen molar-refractivity contribution in [2.24, 2.45) is 7.05 Å². The zero-order chi connectivity index (χ0) is 17.1. The van der Waals surface area contributed by atoms with Crippen LogP contribution in [0, 0.1) is 0 Å². The first-order valence-corrected chi connectivity index (χ1v) is 7.78. The number of hydrogen-bond acceptors (Lipinski definition) is 4. The number of anilines is 2. The molecule has 1 aromatic carbocycles. The topological polar surface area (TPSA) is 89.2 Å². The van der Waals surface area contributed by atoms with Gasteiger partial charge in [-0.05, 0) is 36.4 Å². The molecule has 3 rings (SSSR count). The number of nitrogens with one attached hydrogen (secondary N) is 2. The number of furan rings is 1. The maximum atomic E-state index is 12.2. The Balaban J connectivity index is 1.72. The molecule has 2 amide bonds. The van der Waals surface area contributed by atoms with E-state index in [1.807, 2.05) is 12.1 Å².